The Bertz CT molecular complexity index is 82.4. The lowest BCUT2D eigenvalue weighted by atomic mass is 10.3. The quantitative estimate of drug-likeness (QED) is 0.592. The van der Waals surface area contributed by atoms with Gasteiger partial charge in [0, 0.05) is 23.6 Å². The summed E-state index contributed by atoms with van der Waals surface area (Å²) in [7, 11) is 0. The molecular weight excluding hydrogens is 134 g/mol. The van der Waals surface area contributed by atoms with Gasteiger partial charge in [-0.1, -0.05) is 0 Å². The number of nitrogens with one attached hydrogen (secondary N) is 1. The Hall–Kier alpha value is 0.270. The summed E-state index contributed by atoms with van der Waals surface area (Å²) in [5.74, 6) is 2.43. The van der Waals surface area contributed by atoms with Crippen molar-refractivity contribution in [3.63, 3.8) is 0 Å². The fourth-order valence-electron chi connectivity index (χ4n) is 0.787. The summed E-state index contributed by atoms with van der Waals surface area (Å²) >= 11 is 1.95. The standard InChI is InChI=1S/C6H13NOS/c1-5(2-8)7-6-3-9-4-6/h5-8H,2-4H2,1H3/t5-/m1/s1. The first kappa shape index (κ1) is 7.38. The zero-order chi connectivity index (χ0) is 6.69. The molecule has 0 spiro atoms. The number of rotatable bonds is 3. The molecule has 0 unspecified atom stereocenters. The van der Waals surface area contributed by atoms with Crippen molar-refractivity contribution in [2.24, 2.45) is 0 Å². The van der Waals surface area contributed by atoms with E-state index in [4.69, 9.17) is 5.11 Å². The van der Waals surface area contributed by atoms with Gasteiger partial charge in [-0.2, -0.15) is 11.8 Å². The van der Waals surface area contributed by atoms with Gasteiger partial charge in [0.1, 0.15) is 0 Å². The summed E-state index contributed by atoms with van der Waals surface area (Å²) in [6.45, 7) is 2.25. The highest BCUT2D eigenvalue weighted by Gasteiger charge is 2.18. The SMILES string of the molecule is C[C@H](CO)NC1CSC1. The van der Waals surface area contributed by atoms with Crippen molar-refractivity contribution in [1.82, 2.24) is 5.32 Å². The summed E-state index contributed by atoms with van der Waals surface area (Å²) in [4.78, 5) is 0. The molecule has 1 fully saturated rings. The minimum absolute atomic E-state index is 0.251. The van der Waals surface area contributed by atoms with Crippen LogP contribution in [0.2, 0.25) is 0 Å². The normalized spacial score (nSPS) is 23.3. The molecule has 2 nitrogen and oxygen atoms in total. The Morgan fingerprint density at radius 2 is 2.44 bits per heavy atom. The van der Waals surface area contributed by atoms with Crippen LogP contribution >= 0.6 is 11.8 Å². The fraction of sp³-hybridized carbons (Fsp3) is 1.00. The molecule has 1 saturated heterocycles. The van der Waals surface area contributed by atoms with Gasteiger partial charge in [0.25, 0.3) is 0 Å². The van der Waals surface area contributed by atoms with Crippen LogP contribution in [0.4, 0.5) is 0 Å². The molecule has 0 radical (unpaired) electrons. The zero-order valence-electron chi connectivity index (χ0n) is 5.63. The maximum absolute atomic E-state index is 8.63. The molecule has 1 heterocycles. The number of thioether (sulfide) groups is 1. The van der Waals surface area contributed by atoms with Gasteiger partial charge in [-0.25, -0.2) is 0 Å². The number of aliphatic hydroxyl groups is 1. The van der Waals surface area contributed by atoms with Gasteiger partial charge in [0.15, 0.2) is 0 Å². The minimum atomic E-state index is 0.251. The van der Waals surface area contributed by atoms with E-state index in [1.54, 1.807) is 0 Å². The minimum Gasteiger partial charge on any atom is -0.395 e. The molecule has 0 aromatic rings. The summed E-state index contributed by atoms with van der Waals surface area (Å²) in [6.07, 6.45) is 0. The molecule has 0 amide bonds. The molecule has 0 aromatic heterocycles. The summed E-state index contributed by atoms with van der Waals surface area (Å²) in [5, 5.41) is 11.9. The third-order valence-corrected chi connectivity index (χ3v) is 2.71. The Morgan fingerprint density at radius 1 is 1.78 bits per heavy atom. The molecule has 1 rings (SSSR count). The molecule has 2 N–H and O–H groups in total. The highest BCUT2D eigenvalue weighted by atomic mass is 32.2. The summed E-state index contributed by atoms with van der Waals surface area (Å²) in [6, 6.07) is 0.938. The van der Waals surface area contributed by atoms with E-state index in [0.717, 1.165) is 0 Å². The second kappa shape index (κ2) is 3.44. The average molecular weight is 147 g/mol. The van der Waals surface area contributed by atoms with E-state index in [1.807, 2.05) is 18.7 Å². The van der Waals surface area contributed by atoms with E-state index in [9.17, 15) is 0 Å². The molecule has 1 aliphatic rings. The molecule has 1 aliphatic heterocycles. The molecular formula is C6H13NOS. The average Bonchev–Trinajstić information content (AvgIpc) is 1.78. The largest absolute Gasteiger partial charge is 0.395 e. The molecule has 0 saturated carbocycles. The molecule has 0 aliphatic carbocycles. The number of hydrogen-bond acceptors (Lipinski definition) is 3. The van der Waals surface area contributed by atoms with Crippen LogP contribution in [0.3, 0.4) is 0 Å². The second-order valence-corrected chi connectivity index (χ2v) is 3.56. The van der Waals surface area contributed by atoms with Gasteiger partial charge in [0.05, 0.1) is 6.61 Å². The van der Waals surface area contributed by atoms with Crippen LogP contribution < -0.4 is 5.32 Å². The van der Waals surface area contributed by atoms with E-state index in [1.165, 1.54) is 11.5 Å². The van der Waals surface area contributed by atoms with Gasteiger partial charge < -0.3 is 10.4 Å². The smallest absolute Gasteiger partial charge is 0.0582 e. The van der Waals surface area contributed by atoms with E-state index < -0.39 is 0 Å². The molecule has 0 bridgehead atoms. The maximum Gasteiger partial charge on any atom is 0.0582 e. The predicted octanol–water partition coefficient (Wildman–Crippen LogP) is 0.0722. The third-order valence-electron chi connectivity index (χ3n) is 1.43. The van der Waals surface area contributed by atoms with Crippen molar-refractivity contribution in [1.29, 1.82) is 0 Å². The second-order valence-electron chi connectivity index (χ2n) is 2.48. The van der Waals surface area contributed by atoms with Gasteiger partial charge >= 0.3 is 0 Å². The Morgan fingerprint density at radius 3 is 2.78 bits per heavy atom. The first-order valence-electron chi connectivity index (χ1n) is 3.27. The van der Waals surface area contributed by atoms with Crippen LogP contribution in [0.25, 0.3) is 0 Å². The zero-order valence-corrected chi connectivity index (χ0v) is 6.45. The Balaban J connectivity index is 2.01. The van der Waals surface area contributed by atoms with E-state index >= 15 is 0 Å². The molecule has 9 heavy (non-hydrogen) atoms. The number of hydrogen-bond donors (Lipinski definition) is 2. The molecule has 3 heteroatoms. The first-order valence-corrected chi connectivity index (χ1v) is 4.43. The van der Waals surface area contributed by atoms with Crippen LogP contribution in [0.5, 0.6) is 0 Å². The molecule has 0 aromatic carbocycles. The van der Waals surface area contributed by atoms with Gasteiger partial charge in [0.2, 0.25) is 0 Å². The van der Waals surface area contributed by atoms with E-state index in [-0.39, 0.29) is 12.6 Å². The van der Waals surface area contributed by atoms with Crippen LogP contribution in [-0.2, 0) is 0 Å². The monoisotopic (exact) mass is 147 g/mol. The lowest BCUT2D eigenvalue weighted by molar-refractivity contribution is 0.245. The summed E-state index contributed by atoms with van der Waals surface area (Å²) < 4.78 is 0. The van der Waals surface area contributed by atoms with Crippen molar-refractivity contribution in [2.75, 3.05) is 18.1 Å². The van der Waals surface area contributed by atoms with Gasteiger partial charge in [-0.3, -0.25) is 0 Å². The highest BCUT2D eigenvalue weighted by Crippen LogP contribution is 2.17. The maximum atomic E-state index is 8.63. The van der Waals surface area contributed by atoms with Crippen molar-refractivity contribution in [3.8, 4) is 0 Å². The van der Waals surface area contributed by atoms with Crippen LogP contribution in [-0.4, -0.2) is 35.3 Å². The van der Waals surface area contributed by atoms with Crippen molar-refractivity contribution in [2.45, 2.75) is 19.0 Å². The van der Waals surface area contributed by atoms with E-state index in [2.05, 4.69) is 5.32 Å². The van der Waals surface area contributed by atoms with Crippen LogP contribution in [0.1, 0.15) is 6.92 Å². The van der Waals surface area contributed by atoms with E-state index in [0.29, 0.717) is 6.04 Å². The topological polar surface area (TPSA) is 32.3 Å². The van der Waals surface area contributed by atoms with Crippen molar-refractivity contribution < 1.29 is 5.11 Å². The Labute approximate surface area is 60.0 Å². The van der Waals surface area contributed by atoms with Crippen molar-refractivity contribution >= 4 is 11.8 Å². The lowest BCUT2D eigenvalue weighted by Gasteiger charge is -2.28. The first-order chi connectivity index (χ1) is 4.33. The fourth-order valence-corrected chi connectivity index (χ4v) is 1.45. The summed E-state index contributed by atoms with van der Waals surface area (Å²) in [5.41, 5.74) is 0. The number of aliphatic hydroxyl groups excluding tert-OH is 1. The van der Waals surface area contributed by atoms with Crippen molar-refractivity contribution in [3.05, 3.63) is 0 Å². The highest BCUT2D eigenvalue weighted by molar-refractivity contribution is 8.00. The van der Waals surface area contributed by atoms with Gasteiger partial charge in [-0.05, 0) is 6.92 Å². The van der Waals surface area contributed by atoms with Gasteiger partial charge in [-0.15, -0.1) is 0 Å². The molecule has 54 valence electrons. The lowest BCUT2D eigenvalue weighted by Crippen LogP contribution is -2.46. The van der Waals surface area contributed by atoms with Crippen LogP contribution in [0.15, 0.2) is 0 Å². The molecule has 1 atom stereocenters. The third kappa shape index (κ3) is 2.16. The van der Waals surface area contributed by atoms with Crippen LogP contribution in [0, 0.1) is 0 Å². The predicted molar refractivity (Wildman–Crippen MR) is 40.8 cm³/mol. The Kier molecular flexibility index (Phi) is 2.82.